The zero-order chi connectivity index (χ0) is 18.5. The number of amides is 1. The number of hydrogen-bond acceptors (Lipinski definition) is 3. The van der Waals surface area contributed by atoms with Crippen LogP contribution in [0.1, 0.15) is 16.7 Å². The number of carbonyl (C=O) groups excluding carboxylic acids is 1. The maximum Gasteiger partial charge on any atom is 0.245 e. The molecular formula is C20H20Cl2N2OS. The van der Waals surface area contributed by atoms with Crippen LogP contribution in [0, 0.1) is 6.92 Å². The lowest BCUT2D eigenvalue weighted by Gasteiger charge is -2.09. The summed E-state index contributed by atoms with van der Waals surface area (Å²) in [5.74, 6) is 0.638. The molecule has 0 saturated heterocycles. The number of hydrogen-bond donors (Lipinski definition) is 1. The Morgan fingerprint density at radius 1 is 1.19 bits per heavy atom. The first-order valence-electron chi connectivity index (χ1n) is 8.49. The predicted octanol–water partition coefficient (Wildman–Crippen LogP) is 4.72. The van der Waals surface area contributed by atoms with Crippen LogP contribution in [0.15, 0.2) is 47.5 Å². The molecule has 0 aliphatic carbocycles. The fraction of sp³-hybridized carbons (Fsp3) is 0.300. The summed E-state index contributed by atoms with van der Waals surface area (Å²) in [6, 6.07) is 13.3. The molecule has 2 aromatic carbocycles. The van der Waals surface area contributed by atoms with Crippen LogP contribution in [-0.4, -0.2) is 29.3 Å². The van der Waals surface area contributed by atoms with E-state index in [9.17, 15) is 4.79 Å². The topological polar surface area (TPSA) is 41.5 Å². The number of aliphatic imine (C=N–C) groups is 1. The third-order valence-electron chi connectivity index (χ3n) is 4.35. The van der Waals surface area contributed by atoms with Crippen molar-refractivity contribution < 1.29 is 4.79 Å². The molecule has 2 aromatic rings. The van der Waals surface area contributed by atoms with E-state index in [-0.39, 0.29) is 11.9 Å². The molecule has 1 heterocycles. The quantitative estimate of drug-likeness (QED) is 0.753. The molecule has 3 nitrogen and oxygen atoms in total. The van der Waals surface area contributed by atoms with E-state index in [0.717, 1.165) is 17.0 Å². The van der Waals surface area contributed by atoms with E-state index in [0.29, 0.717) is 28.8 Å². The van der Waals surface area contributed by atoms with Gasteiger partial charge in [-0.05, 0) is 42.2 Å². The van der Waals surface area contributed by atoms with Gasteiger partial charge in [0.25, 0.3) is 0 Å². The van der Waals surface area contributed by atoms with Gasteiger partial charge in [0.1, 0.15) is 6.04 Å². The Bertz CT molecular complexity index is 818. The van der Waals surface area contributed by atoms with Crippen molar-refractivity contribution in [2.75, 3.05) is 12.3 Å². The number of thioether (sulfide) groups is 1. The Balaban J connectivity index is 1.54. The van der Waals surface area contributed by atoms with Gasteiger partial charge in [0, 0.05) is 28.8 Å². The molecule has 3 rings (SSSR count). The Hall–Kier alpha value is -1.49. The van der Waals surface area contributed by atoms with Crippen molar-refractivity contribution in [3.63, 3.8) is 0 Å². The summed E-state index contributed by atoms with van der Waals surface area (Å²) >= 11 is 14.0. The second-order valence-corrected chi connectivity index (χ2v) is 8.10. The number of carbonyl (C=O) groups is 1. The standard InChI is InChI=1S/C20H20Cl2N2OS/c1-13-5-2-3-6-14(13)9-10-23-20(25)18-12-26-19(24-18)11-15-16(21)7-4-8-17(15)22/h2-8,18H,9-12H2,1H3,(H,23,25). The van der Waals surface area contributed by atoms with Crippen LogP contribution in [0.2, 0.25) is 10.0 Å². The van der Waals surface area contributed by atoms with Crippen LogP contribution < -0.4 is 5.32 Å². The van der Waals surface area contributed by atoms with E-state index in [1.807, 2.05) is 30.3 Å². The fourth-order valence-electron chi connectivity index (χ4n) is 2.84. The van der Waals surface area contributed by atoms with Gasteiger partial charge < -0.3 is 5.32 Å². The smallest absolute Gasteiger partial charge is 0.245 e. The van der Waals surface area contributed by atoms with Gasteiger partial charge in [-0.2, -0.15) is 0 Å². The van der Waals surface area contributed by atoms with Crippen LogP contribution in [0.25, 0.3) is 0 Å². The van der Waals surface area contributed by atoms with Crippen molar-refractivity contribution in [3.05, 3.63) is 69.2 Å². The highest BCUT2D eigenvalue weighted by molar-refractivity contribution is 8.14. The fourth-order valence-corrected chi connectivity index (χ4v) is 4.39. The van der Waals surface area contributed by atoms with Crippen molar-refractivity contribution in [1.82, 2.24) is 5.32 Å². The van der Waals surface area contributed by atoms with Gasteiger partial charge in [-0.25, -0.2) is 0 Å². The van der Waals surface area contributed by atoms with Gasteiger partial charge in [0.05, 0.1) is 5.04 Å². The molecule has 26 heavy (non-hydrogen) atoms. The van der Waals surface area contributed by atoms with Crippen LogP contribution in [0.5, 0.6) is 0 Å². The van der Waals surface area contributed by atoms with Crippen molar-refractivity contribution in [3.8, 4) is 0 Å². The molecule has 6 heteroatoms. The lowest BCUT2D eigenvalue weighted by atomic mass is 10.1. The van der Waals surface area contributed by atoms with Gasteiger partial charge in [0.15, 0.2) is 0 Å². The van der Waals surface area contributed by atoms with Crippen molar-refractivity contribution in [2.45, 2.75) is 25.8 Å². The maximum absolute atomic E-state index is 12.4. The van der Waals surface area contributed by atoms with Crippen LogP contribution in [-0.2, 0) is 17.6 Å². The van der Waals surface area contributed by atoms with E-state index >= 15 is 0 Å². The van der Waals surface area contributed by atoms with Crippen molar-refractivity contribution in [2.24, 2.45) is 4.99 Å². The minimum Gasteiger partial charge on any atom is -0.354 e. The first-order valence-corrected chi connectivity index (χ1v) is 10.2. The number of rotatable bonds is 6. The summed E-state index contributed by atoms with van der Waals surface area (Å²) in [5, 5.41) is 5.16. The minimum absolute atomic E-state index is 0.0219. The molecule has 1 unspecified atom stereocenters. The summed E-state index contributed by atoms with van der Waals surface area (Å²) in [6.45, 7) is 2.70. The van der Waals surface area contributed by atoms with Gasteiger partial charge in [-0.3, -0.25) is 9.79 Å². The number of halogens is 2. The molecule has 0 radical (unpaired) electrons. The monoisotopic (exact) mass is 406 g/mol. The zero-order valence-corrected chi connectivity index (χ0v) is 16.8. The lowest BCUT2D eigenvalue weighted by Crippen LogP contribution is -2.35. The third kappa shape index (κ3) is 4.81. The van der Waals surface area contributed by atoms with Gasteiger partial charge in [-0.15, -0.1) is 11.8 Å². The summed E-state index contributed by atoms with van der Waals surface area (Å²) < 4.78 is 0. The molecule has 0 saturated carbocycles. The molecule has 1 N–H and O–H groups in total. The molecule has 0 spiro atoms. The van der Waals surface area contributed by atoms with E-state index in [4.69, 9.17) is 23.2 Å². The zero-order valence-electron chi connectivity index (χ0n) is 14.5. The van der Waals surface area contributed by atoms with E-state index in [2.05, 4.69) is 29.4 Å². The maximum atomic E-state index is 12.4. The third-order valence-corrected chi connectivity index (χ3v) is 6.13. The molecule has 136 valence electrons. The average molecular weight is 407 g/mol. The Kier molecular flexibility index (Phi) is 6.63. The van der Waals surface area contributed by atoms with Gasteiger partial charge in [0.2, 0.25) is 5.91 Å². The minimum atomic E-state index is -0.340. The van der Waals surface area contributed by atoms with Crippen molar-refractivity contribution >= 4 is 45.9 Å². The van der Waals surface area contributed by atoms with E-state index in [1.165, 1.54) is 11.1 Å². The van der Waals surface area contributed by atoms with Crippen LogP contribution in [0.4, 0.5) is 0 Å². The molecule has 1 amide bonds. The predicted molar refractivity (Wildman–Crippen MR) is 112 cm³/mol. The molecule has 0 fully saturated rings. The number of nitrogens with one attached hydrogen (secondary N) is 1. The summed E-state index contributed by atoms with van der Waals surface area (Å²) in [7, 11) is 0. The molecular weight excluding hydrogens is 387 g/mol. The second-order valence-electron chi connectivity index (χ2n) is 6.19. The highest BCUT2D eigenvalue weighted by Gasteiger charge is 2.25. The Morgan fingerprint density at radius 2 is 1.92 bits per heavy atom. The molecule has 1 aliphatic rings. The second kappa shape index (κ2) is 8.94. The first kappa shape index (κ1) is 19.3. The van der Waals surface area contributed by atoms with Crippen molar-refractivity contribution in [1.29, 1.82) is 0 Å². The lowest BCUT2D eigenvalue weighted by molar-refractivity contribution is -0.121. The molecule has 1 aliphatic heterocycles. The van der Waals surface area contributed by atoms with Crippen LogP contribution in [0.3, 0.4) is 0 Å². The van der Waals surface area contributed by atoms with E-state index < -0.39 is 0 Å². The highest BCUT2D eigenvalue weighted by atomic mass is 35.5. The highest BCUT2D eigenvalue weighted by Crippen LogP contribution is 2.29. The Morgan fingerprint density at radius 3 is 2.65 bits per heavy atom. The van der Waals surface area contributed by atoms with E-state index in [1.54, 1.807) is 11.8 Å². The average Bonchev–Trinajstić information content (AvgIpc) is 3.09. The van der Waals surface area contributed by atoms with Crippen LogP contribution >= 0.6 is 35.0 Å². The SMILES string of the molecule is Cc1ccccc1CCNC(=O)C1CSC(Cc2c(Cl)cccc2Cl)=N1. The summed E-state index contributed by atoms with van der Waals surface area (Å²) in [6.07, 6.45) is 1.39. The van der Waals surface area contributed by atoms with Gasteiger partial charge in [-0.1, -0.05) is 53.5 Å². The number of benzene rings is 2. The first-order chi connectivity index (χ1) is 12.5. The molecule has 1 atom stereocenters. The number of aryl methyl sites for hydroxylation is 1. The number of nitrogens with zero attached hydrogens (tertiary/aromatic N) is 1. The summed E-state index contributed by atoms with van der Waals surface area (Å²) in [4.78, 5) is 16.9. The largest absolute Gasteiger partial charge is 0.354 e. The molecule has 0 aromatic heterocycles. The normalized spacial score (nSPS) is 16.4. The Labute approximate surface area is 168 Å². The molecule has 0 bridgehead atoms. The van der Waals surface area contributed by atoms with Gasteiger partial charge >= 0.3 is 0 Å². The summed E-state index contributed by atoms with van der Waals surface area (Å²) in [5.41, 5.74) is 3.36.